The molecule has 4 nitrogen and oxygen atoms in total. The van der Waals surface area contributed by atoms with Crippen molar-refractivity contribution in [1.82, 2.24) is 0 Å². The fourth-order valence-electron chi connectivity index (χ4n) is 4.87. The molecule has 6 atom stereocenters. The van der Waals surface area contributed by atoms with Crippen LogP contribution in [0.15, 0.2) is 38.0 Å². The van der Waals surface area contributed by atoms with Gasteiger partial charge in [0.2, 0.25) is 0 Å². The smallest absolute Gasteiger partial charge is 0.306 e. The van der Waals surface area contributed by atoms with Crippen molar-refractivity contribution >= 4 is 5.97 Å². The van der Waals surface area contributed by atoms with Crippen LogP contribution >= 0.6 is 0 Å². The standard InChI is InChI=1S/C27H44O4/c1-4-7-8-9-10-11-12-13-14-27(29)31-26-20-22(6-3)16-18-25(26)30-24-17-15-21(5-2)19-23(24)28/h4-6,21-26,28H,1-3,7-20H2. The first-order chi connectivity index (χ1) is 15.1. The Kier molecular flexibility index (Phi) is 12.2. The van der Waals surface area contributed by atoms with Crippen molar-refractivity contribution in [2.45, 2.75) is 114 Å². The quantitative estimate of drug-likeness (QED) is 0.199. The molecule has 0 aromatic rings. The molecule has 0 saturated heterocycles. The van der Waals surface area contributed by atoms with Gasteiger partial charge in [0, 0.05) is 6.42 Å². The summed E-state index contributed by atoms with van der Waals surface area (Å²) in [6, 6.07) is 0. The van der Waals surface area contributed by atoms with E-state index in [4.69, 9.17) is 9.47 Å². The zero-order valence-electron chi connectivity index (χ0n) is 19.4. The Hall–Kier alpha value is -1.39. The Morgan fingerprint density at radius 3 is 2.06 bits per heavy atom. The van der Waals surface area contributed by atoms with E-state index in [1.54, 1.807) is 0 Å². The van der Waals surface area contributed by atoms with Gasteiger partial charge in [0.15, 0.2) is 0 Å². The topological polar surface area (TPSA) is 55.8 Å². The molecule has 2 saturated carbocycles. The molecular formula is C27H44O4. The number of aliphatic hydroxyl groups is 1. The van der Waals surface area contributed by atoms with Gasteiger partial charge in [0.05, 0.1) is 18.3 Å². The zero-order valence-corrected chi connectivity index (χ0v) is 19.4. The van der Waals surface area contributed by atoms with E-state index in [2.05, 4.69) is 19.7 Å². The SMILES string of the molecule is C=CCCCCCCCCC(=O)OC1CC(C=C)CCC1OC1CCC(C=C)CC1O. The Labute approximate surface area is 189 Å². The van der Waals surface area contributed by atoms with Gasteiger partial charge in [-0.25, -0.2) is 0 Å². The third-order valence-electron chi connectivity index (χ3n) is 6.91. The van der Waals surface area contributed by atoms with Gasteiger partial charge in [-0.15, -0.1) is 19.7 Å². The summed E-state index contributed by atoms with van der Waals surface area (Å²) in [5.74, 6) is 0.600. The van der Waals surface area contributed by atoms with Gasteiger partial charge in [-0.3, -0.25) is 4.79 Å². The minimum absolute atomic E-state index is 0.120. The number of allylic oxidation sites excluding steroid dienone is 3. The molecule has 2 aliphatic carbocycles. The summed E-state index contributed by atoms with van der Waals surface area (Å²) in [5, 5.41) is 10.5. The van der Waals surface area contributed by atoms with Crippen LogP contribution in [0.3, 0.4) is 0 Å². The van der Waals surface area contributed by atoms with Crippen LogP contribution in [0.1, 0.15) is 89.9 Å². The van der Waals surface area contributed by atoms with Crippen LogP contribution in [0.2, 0.25) is 0 Å². The van der Waals surface area contributed by atoms with Crippen molar-refractivity contribution in [3.63, 3.8) is 0 Å². The van der Waals surface area contributed by atoms with Gasteiger partial charge in [0.1, 0.15) is 6.10 Å². The fraction of sp³-hybridized carbons (Fsp3) is 0.741. The lowest BCUT2D eigenvalue weighted by Crippen LogP contribution is -2.45. The van der Waals surface area contributed by atoms with Crippen molar-refractivity contribution in [1.29, 1.82) is 0 Å². The highest BCUT2D eigenvalue weighted by atomic mass is 16.6. The molecule has 0 bridgehead atoms. The molecule has 0 aliphatic heterocycles. The van der Waals surface area contributed by atoms with E-state index < -0.39 is 6.10 Å². The lowest BCUT2D eigenvalue weighted by Gasteiger charge is -2.39. The first-order valence-electron chi connectivity index (χ1n) is 12.5. The largest absolute Gasteiger partial charge is 0.460 e. The number of aliphatic hydroxyl groups excluding tert-OH is 1. The van der Waals surface area contributed by atoms with Crippen LogP contribution in [0.25, 0.3) is 0 Å². The lowest BCUT2D eigenvalue weighted by molar-refractivity contribution is -0.177. The molecule has 0 aromatic heterocycles. The summed E-state index contributed by atoms with van der Waals surface area (Å²) in [6.07, 6.45) is 18.3. The third-order valence-corrected chi connectivity index (χ3v) is 6.91. The van der Waals surface area contributed by atoms with Gasteiger partial charge < -0.3 is 14.6 Å². The predicted molar refractivity (Wildman–Crippen MR) is 127 cm³/mol. The Bertz CT molecular complexity index is 557. The van der Waals surface area contributed by atoms with Crippen molar-refractivity contribution in [3.8, 4) is 0 Å². The highest BCUT2D eigenvalue weighted by molar-refractivity contribution is 5.69. The summed E-state index contributed by atoms with van der Waals surface area (Å²) in [7, 11) is 0. The Morgan fingerprint density at radius 1 is 0.806 bits per heavy atom. The summed E-state index contributed by atoms with van der Waals surface area (Å²) >= 11 is 0. The van der Waals surface area contributed by atoms with E-state index in [-0.39, 0.29) is 24.3 Å². The molecule has 0 spiro atoms. The van der Waals surface area contributed by atoms with Gasteiger partial charge in [-0.1, -0.05) is 43.9 Å². The number of ether oxygens (including phenoxy) is 2. The molecule has 0 aromatic carbocycles. The number of hydrogen-bond donors (Lipinski definition) is 1. The summed E-state index contributed by atoms with van der Waals surface area (Å²) < 4.78 is 12.2. The van der Waals surface area contributed by atoms with E-state index in [0.717, 1.165) is 51.4 Å². The molecule has 0 radical (unpaired) electrons. The molecule has 4 heteroatoms. The van der Waals surface area contributed by atoms with E-state index in [1.807, 2.05) is 18.2 Å². The van der Waals surface area contributed by atoms with Gasteiger partial charge in [-0.2, -0.15) is 0 Å². The van der Waals surface area contributed by atoms with E-state index >= 15 is 0 Å². The van der Waals surface area contributed by atoms with Gasteiger partial charge in [-0.05, 0) is 69.6 Å². The number of carbonyl (C=O) groups excluding carboxylic acids is 1. The summed E-state index contributed by atoms with van der Waals surface area (Å²) in [6.45, 7) is 11.5. The highest BCUT2D eigenvalue weighted by Crippen LogP contribution is 2.34. The second-order valence-electron chi connectivity index (χ2n) is 9.37. The van der Waals surface area contributed by atoms with Crippen molar-refractivity contribution in [2.75, 3.05) is 0 Å². The van der Waals surface area contributed by atoms with Crippen LogP contribution in [-0.2, 0) is 14.3 Å². The molecule has 2 aliphatic rings. The maximum Gasteiger partial charge on any atom is 0.306 e. The maximum atomic E-state index is 12.5. The predicted octanol–water partition coefficient (Wildman–Crippen LogP) is 6.29. The van der Waals surface area contributed by atoms with Crippen molar-refractivity contribution < 1.29 is 19.4 Å². The fourth-order valence-corrected chi connectivity index (χ4v) is 4.87. The lowest BCUT2D eigenvalue weighted by atomic mass is 9.83. The van der Waals surface area contributed by atoms with Crippen LogP contribution in [0, 0.1) is 11.8 Å². The van der Waals surface area contributed by atoms with Gasteiger partial charge >= 0.3 is 5.97 Å². The van der Waals surface area contributed by atoms with Crippen LogP contribution in [-0.4, -0.2) is 35.5 Å². The Morgan fingerprint density at radius 2 is 1.42 bits per heavy atom. The number of unbranched alkanes of at least 4 members (excludes halogenated alkanes) is 6. The highest BCUT2D eigenvalue weighted by Gasteiger charge is 2.37. The van der Waals surface area contributed by atoms with E-state index in [9.17, 15) is 9.90 Å². The van der Waals surface area contributed by atoms with Gasteiger partial charge in [0.25, 0.3) is 0 Å². The molecular weight excluding hydrogens is 388 g/mol. The van der Waals surface area contributed by atoms with E-state index in [0.29, 0.717) is 24.7 Å². The molecule has 176 valence electrons. The molecule has 6 unspecified atom stereocenters. The van der Waals surface area contributed by atoms with Crippen LogP contribution in [0.4, 0.5) is 0 Å². The molecule has 0 heterocycles. The normalized spacial score (nSPS) is 31.0. The van der Waals surface area contributed by atoms with Crippen molar-refractivity contribution in [3.05, 3.63) is 38.0 Å². The second kappa shape index (κ2) is 14.6. The van der Waals surface area contributed by atoms with Crippen molar-refractivity contribution in [2.24, 2.45) is 11.8 Å². The number of carbonyl (C=O) groups is 1. The summed E-state index contributed by atoms with van der Waals surface area (Å²) in [4.78, 5) is 12.5. The summed E-state index contributed by atoms with van der Waals surface area (Å²) in [5.41, 5.74) is 0. The average molecular weight is 433 g/mol. The molecule has 2 rings (SSSR count). The average Bonchev–Trinajstić information content (AvgIpc) is 2.77. The van der Waals surface area contributed by atoms with E-state index in [1.165, 1.54) is 25.7 Å². The minimum Gasteiger partial charge on any atom is -0.460 e. The number of rotatable bonds is 14. The Balaban J connectivity index is 1.75. The number of hydrogen-bond acceptors (Lipinski definition) is 4. The third kappa shape index (κ3) is 9.33. The maximum absolute atomic E-state index is 12.5. The molecule has 31 heavy (non-hydrogen) atoms. The zero-order chi connectivity index (χ0) is 22.5. The molecule has 2 fully saturated rings. The molecule has 1 N–H and O–H groups in total. The first-order valence-corrected chi connectivity index (χ1v) is 12.5. The minimum atomic E-state index is -0.475. The first kappa shape index (κ1) is 25.9. The second-order valence-corrected chi connectivity index (χ2v) is 9.37. The number of esters is 1. The van der Waals surface area contributed by atoms with Crippen LogP contribution < -0.4 is 0 Å². The van der Waals surface area contributed by atoms with Crippen LogP contribution in [0.5, 0.6) is 0 Å². The monoisotopic (exact) mass is 432 g/mol. The molecule has 0 amide bonds.